The van der Waals surface area contributed by atoms with E-state index in [0.717, 1.165) is 11.1 Å². The molecule has 3 aromatic rings. The van der Waals surface area contributed by atoms with Gasteiger partial charge in [-0.3, -0.25) is 9.71 Å². The average molecular weight is 541 g/mol. The minimum atomic E-state index is -3.93. The number of aromatic nitrogens is 4. The molecule has 1 fully saturated rings. The van der Waals surface area contributed by atoms with Crippen LogP contribution < -0.4 is 4.72 Å². The molecule has 2 N–H and O–H groups in total. The number of carbonyl (C=O) groups is 1. The Morgan fingerprint density at radius 3 is 2.34 bits per heavy atom. The van der Waals surface area contributed by atoms with Gasteiger partial charge in [-0.1, -0.05) is 53.7 Å². The molecule has 0 radical (unpaired) electrons. The number of sulfonamides is 1. The van der Waals surface area contributed by atoms with E-state index >= 15 is 0 Å². The lowest BCUT2D eigenvalue weighted by molar-refractivity contribution is 0.0928. The Hall–Kier alpha value is -3.47. The molecule has 1 aliphatic heterocycles. The number of likely N-dealkylation sites (tertiary alicyclic amines) is 1. The predicted molar refractivity (Wildman–Crippen MR) is 146 cm³/mol. The minimum Gasteiger partial charge on any atom is -0.465 e. The van der Waals surface area contributed by atoms with Gasteiger partial charge in [0.15, 0.2) is 5.82 Å². The van der Waals surface area contributed by atoms with E-state index in [1.165, 1.54) is 4.90 Å². The number of nitrogens with zero attached hydrogens (tertiary/aromatic N) is 5. The third kappa shape index (κ3) is 5.38. The van der Waals surface area contributed by atoms with Crippen LogP contribution in [0.15, 0.2) is 47.8 Å². The Morgan fingerprint density at radius 2 is 1.76 bits per heavy atom. The summed E-state index contributed by atoms with van der Waals surface area (Å²) in [5.41, 5.74) is 1.94. The standard InChI is InChI=1S/C27H36N6O4S/c1-17-14-20(31-38(36,37)19-10-8-18(9-11-19)26(2,3)4)22(28-15-17)24-30-29-16-33(24)21-12-13-32(25(34)35)23(21)27(5,6)7/h8-11,14-16,21,23,31H,12-13H2,1-7H3,(H,34,35). The van der Waals surface area contributed by atoms with Gasteiger partial charge in [0, 0.05) is 12.7 Å². The molecular weight excluding hydrogens is 504 g/mol. The number of benzene rings is 1. The number of aryl methyl sites for hydroxylation is 1. The van der Waals surface area contributed by atoms with Crippen LogP contribution in [0, 0.1) is 12.3 Å². The summed E-state index contributed by atoms with van der Waals surface area (Å²) < 4.78 is 31.3. The Bertz CT molecular complexity index is 1440. The van der Waals surface area contributed by atoms with Crippen LogP contribution in [-0.4, -0.2) is 56.9 Å². The quantitative estimate of drug-likeness (QED) is 0.461. The number of nitrogens with one attached hydrogen (secondary N) is 1. The molecule has 0 aliphatic carbocycles. The molecule has 0 saturated carbocycles. The molecular formula is C27H36N6O4S. The number of carboxylic acid groups (broad SMARTS) is 1. The molecule has 1 aliphatic rings. The van der Waals surface area contributed by atoms with Crippen molar-refractivity contribution < 1.29 is 18.3 Å². The lowest BCUT2D eigenvalue weighted by Gasteiger charge is -2.37. The van der Waals surface area contributed by atoms with Crippen LogP contribution in [0.2, 0.25) is 0 Å². The number of pyridine rings is 1. The number of hydrogen-bond donors (Lipinski definition) is 2. The first-order valence-electron chi connectivity index (χ1n) is 12.6. The van der Waals surface area contributed by atoms with Gasteiger partial charge in [-0.2, -0.15) is 0 Å². The van der Waals surface area contributed by atoms with Gasteiger partial charge in [-0.25, -0.2) is 13.2 Å². The molecule has 3 heterocycles. The normalized spacial score (nSPS) is 18.6. The first-order chi connectivity index (χ1) is 17.6. The van der Waals surface area contributed by atoms with Crippen molar-refractivity contribution in [2.75, 3.05) is 11.3 Å². The van der Waals surface area contributed by atoms with E-state index in [4.69, 9.17) is 0 Å². The maximum Gasteiger partial charge on any atom is 0.407 e. The molecule has 2 aromatic heterocycles. The average Bonchev–Trinajstić information content (AvgIpc) is 3.45. The van der Waals surface area contributed by atoms with Gasteiger partial charge in [0.25, 0.3) is 10.0 Å². The summed E-state index contributed by atoms with van der Waals surface area (Å²) in [4.78, 5) is 18.1. The highest BCUT2D eigenvalue weighted by molar-refractivity contribution is 7.92. The molecule has 1 saturated heterocycles. The van der Waals surface area contributed by atoms with Gasteiger partial charge in [0.1, 0.15) is 12.0 Å². The van der Waals surface area contributed by atoms with Gasteiger partial charge in [-0.05, 0) is 53.5 Å². The van der Waals surface area contributed by atoms with Gasteiger partial charge >= 0.3 is 6.09 Å². The number of anilines is 1. The summed E-state index contributed by atoms with van der Waals surface area (Å²) in [6.07, 6.45) is 2.81. The first-order valence-corrected chi connectivity index (χ1v) is 14.1. The highest BCUT2D eigenvalue weighted by Gasteiger charge is 2.45. The van der Waals surface area contributed by atoms with Crippen LogP contribution in [0.3, 0.4) is 0 Å². The molecule has 1 aromatic carbocycles. The fourth-order valence-corrected chi connectivity index (χ4v) is 6.20. The van der Waals surface area contributed by atoms with E-state index < -0.39 is 16.1 Å². The molecule has 2 unspecified atom stereocenters. The summed E-state index contributed by atoms with van der Waals surface area (Å²) in [5, 5.41) is 18.2. The van der Waals surface area contributed by atoms with Crippen molar-refractivity contribution in [1.82, 2.24) is 24.6 Å². The van der Waals surface area contributed by atoms with Crippen molar-refractivity contribution >= 4 is 21.8 Å². The summed E-state index contributed by atoms with van der Waals surface area (Å²) in [6, 6.07) is 7.98. The topological polar surface area (TPSA) is 130 Å². The monoisotopic (exact) mass is 540 g/mol. The van der Waals surface area contributed by atoms with E-state index in [9.17, 15) is 18.3 Å². The maximum atomic E-state index is 13.4. The Morgan fingerprint density at radius 1 is 1.11 bits per heavy atom. The summed E-state index contributed by atoms with van der Waals surface area (Å²) >= 11 is 0. The Balaban J connectivity index is 1.74. The first kappa shape index (κ1) is 27.6. The summed E-state index contributed by atoms with van der Waals surface area (Å²) in [5.74, 6) is 0.372. The number of rotatable bonds is 5. The SMILES string of the molecule is Cc1cnc(-c2nncn2C2CCN(C(=O)O)C2C(C)(C)C)c(NS(=O)(=O)c2ccc(C(C)(C)C)cc2)c1. The van der Waals surface area contributed by atoms with E-state index in [1.54, 1.807) is 30.7 Å². The lowest BCUT2D eigenvalue weighted by atomic mass is 9.82. The van der Waals surface area contributed by atoms with Crippen LogP contribution in [0.25, 0.3) is 11.5 Å². The molecule has 0 spiro atoms. The highest BCUT2D eigenvalue weighted by Crippen LogP contribution is 2.42. The van der Waals surface area contributed by atoms with Crippen molar-refractivity contribution in [2.45, 2.75) is 77.3 Å². The third-order valence-corrected chi connectivity index (χ3v) is 8.32. The maximum absolute atomic E-state index is 13.4. The molecule has 11 heteroatoms. The fourth-order valence-electron chi connectivity index (χ4n) is 5.14. The minimum absolute atomic E-state index is 0.102. The lowest BCUT2D eigenvalue weighted by Crippen LogP contribution is -2.45. The van der Waals surface area contributed by atoms with Gasteiger partial charge in [-0.15, -0.1) is 10.2 Å². The second kappa shape index (κ2) is 9.68. The molecule has 4 rings (SSSR count). The van der Waals surface area contributed by atoms with E-state index in [-0.39, 0.29) is 33.5 Å². The van der Waals surface area contributed by atoms with Crippen LogP contribution in [-0.2, 0) is 15.4 Å². The molecule has 204 valence electrons. The molecule has 10 nitrogen and oxygen atoms in total. The second-order valence-corrected chi connectivity index (χ2v) is 13.7. The third-order valence-electron chi connectivity index (χ3n) is 6.94. The molecule has 38 heavy (non-hydrogen) atoms. The zero-order chi connectivity index (χ0) is 28.0. The fraction of sp³-hybridized carbons (Fsp3) is 0.481. The van der Waals surface area contributed by atoms with Crippen LogP contribution in [0.5, 0.6) is 0 Å². The van der Waals surface area contributed by atoms with Crippen LogP contribution in [0.1, 0.15) is 65.1 Å². The Labute approximate surface area is 224 Å². The van der Waals surface area contributed by atoms with Crippen molar-refractivity contribution in [2.24, 2.45) is 5.41 Å². The second-order valence-electron chi connectivity index (χ2n) is 12.0. The van der Waals surface area contributed by atoms with Crippen molar-refractivity contribution in [3.63, 3.8) is 0 Å². The smallest absolute Gasteiger partial charge is 0.407 e. The van der Waals surface area contributed by atoms with E-state index in [2.05, 4.69) is 40.7 Å². The van der Waals surface area contributed by atoms with Gasteiger partial charge < -0.3 is 14.6 Å². The molecule has 0 bridgehead atoms. The van der Waals surface area contributed by atoms with Gasteiger partial charge in [0.2, 0.25) is 0 Å². The predicted octanol–water partition coefficient (Wildman–Crippen LogP) is 5.09. The zero-order valence-electron chi connectivity index (χ0n) is 22.9. The number of amides is 1. The van der Waals surface area contributed by atoms with E-state index in [1.807, 2.05) is 44.4 Å². The zero-order valence-corrected chi connectivity index (χ0v) is 23.7. The van der Waals surface area contributed by atoms with Crippen molar-refractivity contribution in [1.29, 1.82) is 0 Å². The molecule has 2 atom stereocenters. The van der Waals surface area contributed by atoms with Crippen molar-refractivity contribution in [3.05, 3.63) is 54.0 Å². The number of hydrogen-bond acceptors (Lipinski definition) is 6. The van der Waals surface area contributed by atoms with Crippen molar-refractivity contribution in [3.8, 4) is 11.5 Å². The highest BCUT2D eigenvalue weighted by atomic mass is 32.2. The van der Waals surface area contributed by atoms with Crippen LogP contribution >= 0.6 is 0 Å². The molecule has 1 amide bonds. The van der Waals surface area contributed by atoms with Gasteiger partial charge in [0.05, 0.1) is 22.7 Å². The van der Waals surface area contributed by atoms with E-state index in [0.29, 0.717) is 24.5 Å². The Kier molecular flexibility index (Phi) is 7.02. The van der Waals surface area contributed by atoms with Crippen LogP contribution in [0.4, 0.5) is 10.5 Å². The largest absolute Gasteiger partial charge is 0.465 e. The summed E-state index contributed by atoms with van der Waals surface area (Å²) in [6.45, 7) is 14.4. The summed E-state index contributed by atoms with van der Waals surface area (Å²) in [7, 11) is -3.93.